The number of aromatic amines is 3. The zero-order valence-electron chi connectivity index (χ0n) is 74.4. The zero-order chi connectivity index (χ0) is 83.2. The molecule has 0 aromatic carbocycles. The third-order valence-corrected chi connectivity index (χ3v) is 31.3. The SMILES string of the molecule is CC(C)c1cc2c(cc(C(C)C)n2C)o1.CC(C)c1cc2c(ccn2C(C)C)s1.CC(C)c1cc2cc(C(C)C)sc2[nH]1.CC(C)c1cc2oc(C(C)C)cc2[nH]1.CC(C)c1cc2sc(C(C)C)cc2[nH]1.CC(C)c1cc2sc(C(C)C)cc2o1.CC(C)c1cc2sc(C(C)C)cc2s1.CC(C)c1cc2scc(C(C)C)c2s1. The van der Waals surface area contributed by atoms with Gasteiger partial charge in [-0.15, -0.1) is 90.7 Å². The number of nitrogens with zero attached hydrogens (tertiary/aromatic N) is 2. The summed E-state index contributed by atoms with van der Waals surface area (Å²) in [4.78, 5) is 22.1. The van der Waals surface area contributed by atoms with Gasteiger partial charge in [0.1, 0.15) is 27.7 Å². The van der Waals surface area contributed by atoms with Crippen LogP contribution in [0, 0.1) is 0 Å². The Hall–Kier alpha value is -6.08. The fourth-order valence-electron chi connectivity index (χ4n) is 12.8. The predicted octanol–water partition coefficient (Wildman–Crippen LogP) is 36.5. The molecule has 0 unspecified atom stereocenters. The van der Waals surface area contributed by atoms with Crippen molar-refractivity contribution in [3.8, 4) is 0 Å². The second-order valence-electron chi connectivity index (χ2n) is 35.6. The first-order valence-corrected chi connectivity index (χ1v) is 48.3. The molecule has 0 saturated carbocycles. The van der Waals surface area contributed by atoms with E-state index in [4.69, 9.17) is 13.3 Å². The summed E-state index contributed by atoms with van der Waals surface area (Å²) in [7, 11) is 2.11. The number of furan rings is 3. The van der Waals surface area contributed by atoms with Crippen LogP contribution in [0.1, 0.15) is 396 Å². The van der Waals surface area contributed by atoms with Gasteiger partial charge in [-0.05, 0) is 163 Å². The summed E-state index contributed by atoms with van der Waals surface area (Å²) in [5.74, 6) is 12.1. The van der Waals surface area contributed by atoms with Gasteiger partial charge in [-0.1, -0.05) is 208 Å². The average molecular weight is 1680 g/mol. The molecule has 0 spiro atoms. The number of thiophene rings is 8. The van der Waals surface area contributed by atoms with E-state index in [1.54, 1.807) is 0 Å². The molecule has 16 rings (SSSR count). The van der Waals surface area contributed by atoms with E-state index in [9.17, 15) is 0 Å². The Morgan fingerprint density at radius 3 is 1.23 bits per heavy atom. The number of nitrogens with one attached hydrogen (secondary N) is 3. The Morgan fingerprint density at radius 2 is 0.743 bits per heavy atom. The van der Waals surface area contributed by atoms with Gasteiger partial charge < -0.3 is 37.3 Å². The number of rotatable bonds is 16. The van der Waals surface area contributed by atoms with Gasteiger partial charge in [-0.2, -0.15) is 0 Å². The molecule has 8 nitrogen and oxygen atoms in total. The van der Waals surface area contributed by atoms with Gasteiger partial charge in [-0.25, -0.2) is 0 Å². The smallest absolute Gasteiger partial charge is 0.152 e. The second kappa shape index (κ2) is 39.4. The van der Waals surface area contributed by atoms with Crippen molar-refractivity contribution in [2.45, 2.75) is 316 Å². The summed E-state index contributed by atoms with van der Waals surface area (Å²) in [6.45, 7) is 71.1. The van der Waals surface area contributed by atoms with E-state index in [0.29, 0.717) is 94.8 Å². The van der Waals surface area contributed by atoms with E-state index in [2.05, 4.69) is 355 Å². The lowest BCUT2D eigenvalue weighted by Gasteiger charge is -2.07. The normalized spacial score (nSPS) is 12.2. The fraction of sp³-hybridized carbons (Fsp3) is 0.505. The molecule has 0 aliphatic heterocycles. The molecule has 0 fully saturated rings. The lowest BCUT2D eigenvalue weighted by molar-refractivity contribution is 0.521. The van der Waals surface area contributed by atoms with Crippen LogP contribution in [0.5, 0.6) is 0 Å². The van der Waals surface area contributed by atoms with E-state index >= 15 is 0 Å². The topological polar surface area (TPSA) is 96.6 Å². The van der Waals surface area contributed by atoms with Crippen molar-refractivity contribution >= 4 is 173 Å². The molecule has 3 N–H and O–H groups in total. The first kappa shape index (κ1) is 90.8. The number of H-pyrrole nitrogens is 3. The lowest BCUT2D eigenvalue weighted by atomic mass is 10.1. The molecule has 0 amide bonds. The van der Waals surface area contributed by atoms with Gasteiger partial charge in [0.2, 0.25) is 0 Å². The minimum Gasteiger partial charge on any atom is -0.460 e. The van der Waals surface area contributed by atoms with Crippen molar-refractivity contribution in [1.82, 2.24) is 24.1 Å². The van der Waals surface area contributed by atoms with Crippen LogP contribution in [0.3, 0.4) is 0 Å². The van der Waals surface area contributed by atoms with Gasteiger partial charge in [0.05, 0.1) is 36.2 Å². The molecule has 113 heavy (non-hydrogen) atoms. The highest BCUT2D eigenvalue weighted by Crippen LogP contribution is 2.43. The summed E-state index contributed by atoms with van der Waals surface area (Å²) in [6, 6.07) is 34.3. The van der Waals surface area contributed by atoms with Crippen molar-refractivity contribution in [1.29, 1.82) is 0 Å². The highest BCUT2D eigenvalue weighted by atomic mass is 32.1. The second-order valence-corrected chi connectivity index (χ2v) is 44.3. The zero-order valence-corrected chi connectivity index (χ0v) is 81.0. The third-order valence-electron chi connectivity index (χ3n) is 20.4. The average Bonchev–Trinajstić information content (AvgIpc) is 1.63. The van der Waals surface area contributed by atoms with Crippen LogP contribution >= 0.6 is 90.7 Å². The van der Waals surface area contributed by atoms with Crippen molar-refractivity contribution < 1.29 is 13.3 Å². The Bertz CT molecular complexity index is 4650. The van der Waals surface area contributed by atoms with E-state index in [1.165, 1.54) is 122 Å². The molecule has 0 radical (unpaired) electrons. The summed E-state index contributed by atoms with van der Waals surface area (Å²) in [6.07, 6.45) is 2.19. The number of aromatic nitrogens is 5. The summed E-state index contributed by atoms with van der Waals surface area (Å²) >= 11 is 15.3. The van der Waals surface area contributed by atoms with E-state index < -0.39 is 0 Å². The summed E-state index contributed by atoms with van der Waals surface area (Å²) in [5, 5.41) is 3.69. The van der Waals surface area contributed by atoms with Crippen molar-refractivity contribution in [2.75, 3.05) is 0 Å². The van der Waals surface area contributed by atoms with Crippen LogP contribution in [-0.4, -0.2) is 24.1 Å². The molecule has 0 aliphatic carbocycles. The Kier molecular flexibility index (Phi) is 31.7. The van der Waals surface area contributed by atoms with Gasteiger partial charge in [0.15, 0.2) is 11.2 Å². The molecular formula is C97H135N5O3S8. The minimum atomic E-state index is 0.457. The number of hydrogen-bond acceptors (Lipinski definition) is 11. The molecule has 16 aromatic heterocycles. The van der Waals surface area contributed by atoms with Crippen LogP contribution < -0.4 is 0 Å². The van der Waals surface area contributed by atoms with E-state index in [-0.39, 0.29) is 0 Å². The Morgan fingerprint density at radius 1 is 0.301 bits per heavy atom. The van der Waals surface area contributed by atoms with Gasteiger partial charge in [-0.3, -0.25) is 0 Å². The first-order valence-electron chi connectivity index (χ1n) is 41.7. The van der Waals surface area contributed by atoms with E-state index in [0.717, 1.165) is 39.5 Å². The Labute approximate surface area is 709 Å². The van der Waals surface area contributed by atoms with Gasteiger partial charge in [0.25, 0.3) is 0 Å². The van der Waals surface area contributed by atoms with E-state index in [1.807, 2.05) is 90.7 Å². The largest absolute Gasteiger partial charge is 0.460 e. The molecule has 0 saturated heterocycles. The third kappa shape index (κ3) is 22.8. The first-order chi connectivity index (χ1) is 53.1. The monoisotopic (exact) mass is 1670 g/mol. The van der Waals surface area contributed by atoms with Crippen LogP contribution in [0.2, 0.25) is 0 Å². The summed E-state index contributed by atoms with van der Waals surface area (Å²) < 4.78 is 32.0. The van der Waals surface area contributed by atoms with Gasteiger partial charge >= 0.3 is 0 Å². The maximum absolute atomic E-state index is 5.82. The van der Waals surface area contributed by atoms with Gasteiger partial charge in [0, 0.05) is 142 Å². The molecule has 0 bridgehead atoms. The van der Waals surface area contributed by atoms with Crippen molar-refractivity contribution in [3.05, 3.63) is 182 Å². The molecule has 0 atom stereocenters. The molecular weight excluding hydrogens is 1540 g/mol. The van der Waals surface area contributed by atoms with Crippen LogP contribution in [0.25, 0.3) is 81.9 Å². The Balaban J connectivity index is 0.000000148. The highest BCUT2D eigenvalue weighted by Gasteiger charge is 2.20. The predicted molar refractivity (Wildman–Crippen MR) is 513 cm³/mol. The maximum Gasteiger partial charge on any atom is 0.152 e. The maximum atomic E-state index is 5.82. The van der Waals surface area contributed by atoms with Crippen LogP contribution in [-0.2, 0) is 7.05 Å². The number of aryl methyl sites for hydroxylation is 1. The minimum absolute atomic E-state index is 0.457. The molecule has 16 heteroatoms. The highest BCUT2D eigenvalue weighted by molar-refractivity contribution is 7.28. The van der Waals surface area contributed by atoms with Crippen LogP contribution in [0.4, 0.5) is 0 Å². The summed E-state index contributed by atoms with van der Waals surface area (Å²) in [5.41, 5.74) is 14.9. The standard InChI is InChI=1S/C13H19NO.C12H17NO.3C12H17NS.C12H16OS.2C12H16S2/c1-8(2)10-6-13-11(14(10)5)7-12(15-13)9(3)4;2*1-7(2)9-5-12-10(13-9)6-11(14-12)8(3)4;1-7(2)10-5-9-6-11(8(3)4)14-12(9)13-10;1-8(2)12-7-10-11(14-12)5-6-13(10)9(3)4;1-7(2)9-5-12-10(13-9)6-11(14-12)8(3)4;1-7(2)9-6-13-11-5-10(8(3)4)14-12(9)11;1-7(2)9-5-11-12(13-9)6-10(14-11)8(3)4/h6-9H,1-5H3;3*5-8,13H,1-4H3;5-9H,1-4H3;3*5-8H,1-4H3. The molecule has 16 heterocycles. The lowest BCUT2D eigenvalue weighted by Crippen LogP contribution is -1.97. The molecule has 614 valence electrons. The fourth-order valence-corrected chi connectivity index (χ4v) is 22.1. The van der Waals surface area contributed by atoms with Crippen LogP contribution in [0.15, 0.2) is 116 Å². The number of hydrogen-bond donors (Lipinski definition) is 3. The molecule has 16 aromatic rings. The molecule has 0 aliphatic rings. The quantitative estimate of drug-likeness (QED) is 0.0899. The van der Waals surface area contributed by atoms with Crippen molar-refractivity contribution in [2.24, 2.45) is 7.05 Å². The van der Waals surface area contributed by atoms with Crippen molar-refractivity contribution in [3.63, 3.8) is 0 Å². The number of fused-ring (bicyclic) bond motifs is 8.